The van der Waals surface area contributed by atoms with E-state index in [0.717, 1.165) is 5.69 Å². The Labute approximate surface area is 157 Å². The minimum absolute atomic E-state index is 0.00749. The summed E-state index contributed by atoms with van der Waals surface area (Å²) >= 11 is 5.87. The van der Waals surface area contributed by atoms with Gasteiger partial charge < -0.3 is 10.2 Å². The number of benzene rings is 1. The molecule has 9 heteroatoms. The molecule has 1 aliphatic rings. The van der Waals surface area contributed by atoms with E-state index in [-0.39, 0.29) is 29.1 Å². The fourth-order valence-corrected chi connectivity index (χ4v) is 4.82. The van der Waals surface area contributed by atoms with Gasteiger partial charge in [0.1, 0.15) is 17.8 Å². The van der Waals surface area contributed by atoms with E-state index >= 15 is 0 Å². The van der Waals surface area contributed by atoms with Gasteiger partial charge in [0.25, 0.3) is 5.91 Å². The monoisotopic (exact) mass is 394 g/mol. The smallest absolute Gasteiger partial charge is 0.272 e. The fraction of sp³-hybridized carbons (Fsp3) is 0.353. The minimum Gasteiger partial charge on any atom is -0.340 e. The first kappa shape index (κ1) is 18.6. The predicted octanol–water partition coefficient (Wildman–Crippen LogP) is 2.52. The molecule has 0 radical (unpaired) electrons. The SMILES string of the molecule is CCN(C(=O)c1cc(Nc2ccc(Cl)cc2)ncn1)C1CCS(=O)(=O)C1. The van der Waals surface area contributed by atoms with Gasteiger partial charge in [0.05, 0.1) is 11.5 Å². The second kappa shape index (κ2) is 7.59. The van der Waals surface area contributed by atoms with Gasteiger partial charge in [0, 0.05) is 29.4 Å². The summed E-state index contributed by atoms with van der Waals surface area (Å²) < 4.78 is 23.4. The molecule has 0 saturated carbocycles. The first-order valence-electron chi connectivity index (χ1n) is 8.24. The van der Waals surface area contributed by atoms with Gasteiger partial charge in [-0.1, -0.05) is 11.6 Å². The molecule has 0 aliphatic carbocycles. The van der Waals surface area contributed by atoms with Crippen molar-refractivity contribution in [3.63, 3.8) is 0 Å². The van der Waals surface area contributed by atoms with Crippen molar-refractivity contribution in [3.05, 3.63) is 47.4 Å². The van der Waals surface area contributed by atoms with Crippen molar-refractivity contribution in [3.8, 4) is 0 Å². The van der Waals surface area contributed by atoms with Crippen molar-refractivity contribution < 1.29 is 13.2 Å². The van der Waals surface area contributed by atoms with E-state index in [4.69, 9.17) is 11.6 Å². The summed E-state index contributed by atoms with van der Waals surface area (Å²) in [5, 5.41) is 3.71. The number of nitrogens with zero attached hydrogens (tertiary/aromatic N) is 3. The molecule has 1 unspecified atom stereocenters. The standard InChI is InChI=1S/C17H19ClN4O3S/c1-2-22(14-7-8-26(24,25)10-14)17(23)15-9-16(20-11-19-15)21-13-5-3-12(18)4-6-13/h3-6,9,11,14H,2,7-8,10H2,1H3,(H,19,20,21). The van der Waals surface area contributed by atoms with Crippen LogP contribution in [0.3, 0.4) is 0 Å². The van der Waals surface area contributed by atoms with Crippen LogP contribution in [0.4, 0.5) is 11.5 Å². The summed E-state index contributed by atoms with van der Waals surface area (Å²) in [5.41, 5.74) is 1.00. The average molecular weight is 395 g/mol. The molecule has 2 aromatic rings. The molecule has 1 N–H and O–H groups in total. The van der Waals surface area contributed by atoms with Gasteiger partial charge in [-0.05, 0) is 37.6 Å². The van der Waals surface area contributed by atoms with Crippen LogP contribution in [-0.2, 0) is 9.84 Å². The second-order valence-corrected chi connectivity index (χ2v) is 8.73. The quantitative estimate of drug-likeness (QED) is 0.837. The highest BCUT2D eigenvalue weighted by Gasteiger charge is 2.34. The zero-order valence-corrected chi connectivity index (χ0v) is 15.8. The van der Waals surface area contributed by atoms with E-state index in [0.29, 0.717) is 23.8 Å². The maximum Gasteiger partial charge on any atom is 0.272 e. The highest BCUT2D eigenvalue weighted by atomic mass is 35.5. The second-order valence-electron chi connectivity index (χ2n) is 6.07. The highest BCUT2D eigenvalue weighted by molar-refractivity contribution is 7.91. The molecular weight excluding hydrogens is 376 g/mol. The van der Waals surface area contributed by atoms with E-state index in [1.165, 1.54) is 6.33 Å². The Morgan fingerprint density at radius 3 is 2.65 bits per heavy atom. The third-order valence-corrected chi connectivity index (χ3v) is 6.26. The molecule has 7 nitrogen and oxygen atoms in total. The van der Waals surface area contributed by atoms with Gasteiger partial charge in [-0.2, -0.15) is 0 Å². The average Bonchev–Trinajstić information content (AvgIpc) is 2.97. The molecule has 1 amide bonds. The number of carbonyl (C=O) groups excluding carboxylic acids is 1. The number of amides is 1. The van der Waals surface area contributed by atoms with Gasteiger partial charge >= 0.3 is 0 Å². The molecule has 138 valence electrons. The van der Waals surface area contributed by atoms with E-state index in [2.05, 4.69) is 15.3 Å². The van der Waals surface area contributed by atoms with Crippen LogP contribution >= 0.6 is 11.6 Å². The summed E-state index contributed by atoms with van der Waals surface area (Å²) in [6.45, 7) is 2.25. The Balaban J connectivity index is 1.77. The Kier molecular flexibility index (Phi) is 5.43. The molecule has 1 aliphatic heterocycles. The van der Waals surface area contributed by atoms with Crippen molar-refractivity contribution >= 4 is 38.9 Å². The lowest BCUT2D eigenvalue weighted by molar-refractivity contribution is 0.0702. The number of hydrogen-bond donors (Lipinski definition) is 1. The first-order valence-corrected chi connectivity index (χ1v) is 10.4. The topological polar surface area (TPSA) is 92.3 Å². The van der Waals surface area contributed by atoms with Crippen LogP contribution in [-0.4, -0.2) is 53.3 Å². The van der Waals surface area contributed by atoms with Crippen LogP contribution in [0.25, 0.3) is 0 Å². The Morgan fingerprint density at radius 1 is 1.31 bits per heavy atom. The van der Waals surface area contributed by atoms with Crippen LogP contribution < -0.4 is 5.32 Å². The van der Waals surface area contributed by atoms with Crippen molar-refractivity contribution in [1.29, 1.82) is 0 Å². The molecule has 1 saturated heterocycles. The number of halogens is 1. The lowest BCUT2D eigenvalue weighted by Crippen LogP contribution is -2.41. The number of hydrogen-bond acceptors (Lipinski definition) is 6. The molecular formula is C17H19ClN4O3S. The van der Waals surface area contributed by atoms with E-state index in [1.54, 1.807) is 35.2 Å². The summed E-state index contributed by atoms with van der Waals surface area (Å²) in [6, 6.07) is 8.34. The number of rotatable bonds is 5. The maximum atomic E-state index is 12.8. The molecule has 3 rings (SSSR count). The number of aromatic nitrogens is 2. The van der Waals surface area contributed by atoms with Crippen LogP contribution in [0.1, 0.15) is 23.8 Å². The Hall–Kier alpha value is -2.19. The third-order valence-electron chi connectivity index (χ3n) is 4.25. The van der Waals surface area contributed by atoms with E-state index in [1.807, 2.05) is 6.92 Å². The lowest BCUT2D eigenvalue weighted by atomic mass is 10.2. The van der Waals surface area contributed by atoms with Crippen molar-refractivity contribution in [2.75, 3.05) is 23.4 Å². The van der Waals surface area contributed by atoms with Gasteiger partial charge in [0.15, 0.2) is 9.84 Å². The van der Waals surface area contributed by atoms with Crippen LogP contribution in [0, 0.1) is 0 Å². The fourth-order valence-electron chi connectivity index (χ4n) is 2.96. The molecule has 1 atom stereocenters. The Bertz CT molecular complexity index is 902. The van der Waals surface area contributed by atoms with Crippen LogP contribution in [0.15, 0.2) is 36.7 Å². The summed E-state index contributed by atoms with van der Waals surface area (Å²) in [5.74, 6) is 0.305. The first-order chi connectivity index (χ1) is 12.4. The van der Waals surface area contributed by atoms with Crippen molar-refractivity contribution in [2.24, 2.45) is 0 Å². The molecule has 0 spiro atoms. The van der Waals surface area contributed by atoms with Gasteiger partial charge in [0.2, 0.25) is 0 Å². The predicted molar refractivity (Wildman–Crippen MR) is 101 cm³/mol. The highest BCUT2D eigenvalue weighted by Crippen LogP contribution is 2.21. The summed E-state index contributed by atoms with van der Waals surface area (Å²) in [4.78, 5) is 22.6. The number of sulfone groups is 1. The Morgan fingerprint density at radius 2 is 2.04 bits per heavy atom. The number of nitrogens with one attached hydrogen (secondary N) is 1. The third kappa shape index (κ3) is 4.31. The molecule has 1 aromatic carbocycles. The van der Waals surface area contributed by atoms with Crippen molar-refractivity contribution in [2.45, 2.75) is 19.4 Å². The van der Waals surface area contributed by atoms with Gasteiger partial charge in [-0.25, -0.2) is 18.4 Å². The molecule has 26 heavy (non-hydrogen) atoms. The summed E-state index contributed by atoms with van der Waals surface area (Å²) in [6.07, 6.45) is 1.77. The minimum atomic E-state index is -3.07. The maximum absolute atomic E-state index is 12.8. The van der Waals surface area contributed by atoms with Gasteiger partial charge in [-0.15, -0.1) is 0 Å². The van der Waals surface area contributed by atoms with Crippen LogP contribution in [0.5, 0.6) is 0 Å². The van der Waals surface area contributed by atoms with E-state index in [9.17, 15) is 13.2 Å². The molecule has 1 aromatic heterocycles. The molecule has 0 bridgehead atoms. The summed E-state index contributed by atoms with van der Waals surface area (Å²) in [7, 11) is -3.07. The number of anilines is 2. The van der Waals surface area contributed by atoms with Gasteiger partial charge in [-0.3, -0.25) is 4.79 Å². The normalized spacial score (nSPS) is 18.5. The largest absolute Gasteiger partial charge is 0.340 e. The number of carbonyl (C=O) groups is 1. The van der Waals surface area contributed by atoms with E-state index < -0.39 is 9.84 Å². The zero-order valence-electron chi connectivity index (χ0n) is 14.2. The molecule has 2 heterocycles. The lowest BCUT2D eigenvalue weighted by Gasteiger charge is -2.26. The zero-order chi connectivity index (χ0) is 18.7. The van der Waals surface area contributed by atoms with Crippen molar-refractivity contribution in [1.82, 2.24) is 14.9 Å². The molecule has 1 fully saturated rings. The van der Waals surface area contributed by atoms with Crippen LogP contribution in [0.2, 0.25) is 5.02 Å².